The van der Waals surface area contributed by atoms with Crippen LogP contribution >= 0.6 is 0 Å². The van der Waals surface area contributed by atoms with Crippen LogP contribution < -0.4 is 5.73 Å². The number of carbonyl (C=O) groups is 3. The van der Waals surface area contributed by atoms with Gasteiger partial charge in [-0.2, -0.15) is 0 Å². The second kappa shape index (κ2) is 10.2. The lowest BCUT2D eigenvalue weighted by Gasteiger charge is -2.42. The molecule has 2 amide bonds. The summed E-state index contributed by atoms with van der Waals surface area (Å²) in [6, 6.07) is 4.56. The van der Waals surface area contributed by atoms with Gasteiger partial charge in [0.2, 0.25) is 5.91 Å². The van der Waals surface area contributed by atoms with E-state index in [1.807, 2.05) is 13.8 Å². The first-order valence-corrected chi connectivity index (χ1v) is 10.8. The van der Waals surface area contributed by atoms with Gasteiger partial charge in [0, 0.05) is 20.1 Å². The van der Waals surface area contributed by atoms with Gasteiger partial charge in [-0.3, -0.25) is 14.4 Å². The van der Waals surface area contributed by atoms with E-state index in [-0.39, 0.29) is 30.3 Å². The molecular weight excluding hydrogens is 401 g/mol. The molecule has 0 aromatic heterocycles. The molecule has 31 heavy (non-hydrogen) atoms. The van der Waals surface area contributed by atoms with Crippen molar-refractivity contribution in [2.45, 2.75) is 64.6 Å². The Kier molecular flexibility index (Phi) is 8.17. The Hall–Kier alpha value is -2.48. The van der Waals surface area contributed by atoms with E-state index in [2.05, 4.69) is 0 Å². The predicted octanol–water partition coefficient (Wildman–Crippen LogP) is 2.64. The zero-order valence-electron chi connectivity index (χ0n) is 19.1. The van der Waals surface area contributed by atoms with Gasteiger partial charge in [-0.05, 0) is 50.3 Å². The Balaban J connectivity index is 2.43. The first-order valence-electron chi connectivity index (χ1n) is 10.8. The molecule has 172 valence electrons. The van der Waals surface area contributed by atoms with Crippen LogP contribution in [0, 0.1) is 11.2 Å². The van der Waals surface area contributed by atoms with E-state index >= 15 is 0 Å². The number of likely N-dealkylation sites (tertiary alicyclic amines) is 1. The summed E-state index contributed by atoms with van der Waals surface area (Å²) in [5, 5.41) is 0. The number of esters is 1. The summed E-state index contributed by atoms with van der Waals surface area (Å²) in [5.41, 5.74) is 5.64. The monoisotopic (exact) mass is 435 g/mol. The van der Waals surface area contributed by atoms with E-state index in [4.69, 9.17) is 10.5 Å². The van der Waals surface area contributed by atoms with Gasteiger partial charge in [-0.1, -0.05) is 26.0 Å². The van der Waals surface area contributed by atoms with Gasteiger partial charge in [-0.15, -0.1) is 0 Å². The minimum atomic E-state index is -0.987. The van der Waals surface area contributed by atoms with Crippen LogP contribution in [0.4, 0.5) is 4.39 Å². The number of halogens is 1. The lowest BCUT2D eigenvalue weighted by Crippen LogP contribution is -2.55. The molecule has 0 saturated carbocycles. The number of nitrogens with two attached hydrogens (primary N) is 1. The standard InChI is InChI=1S/C23H34FN3O4/c1-6-23(7-2,22(30)31-14-20(28)26(4)5)19-12-11-18(27(19)21(29)15(3)25)16-9-8-10-17(24)13-16/h8-10,13,15,18-19H,6-7,11-12,14,25H2,1-5H3/t15-,18+,19-/m1/s1. The number of benzene rings is 1. The number of amides is 2. The molecule has 3 atom stereocenters. The summed E-state index contributed by atoms with van der Waals surface area (Å²) in [7, 11) is 3.18. The third-order valence-corrected chi connectivity index (χ3v) is 6.39. The Morgan fingerprint density at radius 3 is 2.42 bits per heavy atom. The maximum Gasteiger partial charge on any atom is 0.314 e. The van der Waals surface area contributed by atoms with Crippen molar-refractivity contribution in [1.82, 2.24) is 9.80 Å². The molecule has 7 nitrogen and oxygen atoms in total. The average molecular weight is 436 g/mol. The summed E-state index contributed by atoms with van der Waals surface area (Å²) >= 11 is 0. The fraction of sp³-hybridized carbons (Fsp3) is 0.609. The smallest absolute Gasteiger partial charge is 0.314 e. The molecule has 1 heterocycles. The SMILES string of the molecule is CCC(CC)(C(=O)OCC(=O)N(C)C)[C@H]1CC[C@@H](c2cccc(F)c2)N1C(=O)[C@@H](C)N. The summed E-state index contributed by atoms with van der Waals surface area (Å²) in [6.07, 6.45) is 2.00. The highest BCUT2D eigenvalue weighted by Gasteiger charge is 2.53. The largest absolute Gasteiger partial charge is 0.455 e. The van der Waals surface area contributed by atoms with Crippen LogP contribution in [0.15, 0.2) is 24.3 Å². The zero-order valence-corrected chi connectivity index (χ0v) is 19.1. The number of ether oxygens (including phenoxy) is 1. The molecule has 1 fully saturated rings. The molecular formula is C23H34FN3O4. The van der Waals surface area contributed by atoms with Crippen molar-refractivity contribution in [3.63, 3.8) is 0 Å². The maximum atomic E-state index is 13.9. The third-order valence-electron chi connectivity index (χ3n) is 6.39. The lowest BCUT2D eigenvalue weighted by atomic mass is 9.74. The molecule has 0 unspecified atom stereocenters. The van der Waals surface area contributed by atoms with Crippen molar-refractivity contribution in [3.8, 4) is 0 Å². The normalized spacial score (nSPS) is 19.8. The quantitative estimate of drug-likeness (QED) is 0.634. The average Bonchev–Trinajstić information content (AvgIpc) is 3.17. The van der Waals surface area contributed by atoms with Crippen LogP contribution in [0.1, 0.15) is 58.1 Å². The molecule has 1 aliphatic rings. The van der Waals surface area contributed by atoms with Gasteiger partial charge in [-0.25, -0.2) is 4.39 Å². The molecule has 2 rings (SSSR count). The Bertz CT molecular complexity index is 808. The predicted molar refractivity (Wildman–Crippen MR) is 115 cm³/mol. The second-order valence-electron chi connectivity index (χ2n) is 8.43. The van der Waals surface area contributed by atoms with Gasteiger partial charge in [0.25, 0.3) is 5.91 Å². The number of carbonyl (C=O) groups excluding carboxylic acids is 3. The summed E-state index contributed by atoms with van der Waals surface area (Å²) < 4.78 is 19.3. The fourth-order valence-electron chi connectivity index (χ4n) is 4.48. The molecule has 1 saturated heterocycles. The molecule has 0 radical (unpaired) electrons. The number of hydrogen-bond acceptors (Lipinski definition) is 5. The van der Waals surface area contributed by atoms with Crippen molar-refractivity contribution in [1.29, 1.82) is 0 Å². The van der Waals surface area contributed by atoms with Crippen LogP contribution in [0.5, 0.6) is 0 Å². The van der Waals surface area contributed by atoms with E-state index in [1.165, 1.54) is 17.0 Å². The lowest BCUT2D eigenvalue weighted by molar-refractivity contribution is -0.167. The number of rotatable bonds is 8. The zero-order chi connectivity index (χ0) is 23.3. The summed E-state index contributed by atoms with van der Waals surface area (Å²) in [5.74, 6) is -1.49. The minimum Gasteiger partial charge on any atom is -0.455 e. The first-order chi connectivity index (χ1) is 14.6. The van der Waals surface area contributed by atoms with E-state index in [0.29, 0.717) is 31.2 Å². The van der Waals surface area contributed by atoms with Crippen LogP contribution in [0.2, 0.25) is 0 Å². The second-order valence-corrected chi connectivity index (χ2v) is 8.43. The van der Waals surface area contributed by atoms with Crippen LogP contribution in [0.25, 0.3) is 0 Å². The third kappa shape index (κ3) is 5.06. The fourth-order valence-corrected chi connectivity index (χ4v) is 4.48. The van der Waals surface area contributed by atoms with Crippen molar-refractivity contribution >= 4 is 17.8 Å². The Morgan fingerprint density at radius 2 is 1.90 bits per heavy atom. The van der Waals surface area contributed by atoms with Gasteiger partial charge >= 0.3 is 5.97 Å². The van der Waals surface area contributed by atoms with Crippen LogP contribution in [-0.4, -0.2) is 60.4 Å². The van der Waals surface area contributed by atoms with Gasteiger partial charge in [0.15, 0.2) is 6.61 Å². The molecule has 0 bridgehead atoms. The van der Waals surface area contributed by atoms with Crippen LogP contribution in [-0.2, 0) is 19.1 Å². The maximum absolute atomic E-state index is 13.9. The highest BCUT2D eigenvalue weighted by molar-refractivity contribution is 5.86. The Labute approximate surface area is 183 Å². The molecule has 1 aliphatic heterocycles. The van der Waals surface area contributed by atoms with Crippen LogP contribution in [0.3, 0.4) is 0 Å². The highest BCUT2D eigenvalue weighted by Crippen LogP contribution is 2.47. The number of likely N-dealkylation sites (N-methyl/N-ethyl adjacent to an activating group) is 1. The molecule has 0 aliphatic carbocycles. The van der Waals surface area contributed by atoms with Gasteiger partial charge < -0.3 is 20.3 Å². The Morgan fingerprint density at radius 1 is 1.26 bits per heavy atom. The van der Waals surface area contributed by atoms with E-state index in [1.54, 1.807) is 38.1 Å². The van der Waals surface area contributed by atoms with Crippen molar-refractivity contribution < 1.29 is 23.5 Å². The molecule has 8 heteroatoms. The van der Waals surface area contributed by atoms with E-state index < -0.39 is 23.5 Å². The van der Waals surface area contributed by atoms with Crippen molar-refractivity contribution in [2.75, 3.05) is 20.7 Å². The number of nitrogens with zero attached hydrogens (tertiary/aromatic N) is 2. The summed E-state index contributed by atoms with van der Waals surface area (Å²) in [4.78, 5) is 41.4. The highest BCUT2D eigenvalue weighted by atomic mass is 19.1. The molecule has 1 aromatic carbocycles. The minimum absolute atomic E-state index is 0.291. The van der Waals surface area contributed by atoms with E-state index in [0.717, 1.165) is 0 Å². The summed E-state index contributed by atoms with van der Waals surface area (Å²) in [6.45, 7) is 5.01. The van der Waals surface area contributed by atoms with Crippen molar-refractivity contribution in [3.05, 3.63) is 35.6 Å². The van der Waals surface area contributed by atoms with Crippen molar-refractivity contribution in [2.24, 2.45) is 11.1 Å². The molecule has 1 aromatic rings. The van der Waals surface area contributed by atoms with E-state index in [9.17, 15) is 18.8 Å². The number of hydrogen-bond donors (Lipinski definition) is 1. The topological polar surface area (TPSA) is 92.9 Å². The first kappa shape index (κ1) is 24.8. The molecule has 2 N–H and O–H groups in total. The van der Waals surface area contributed by atoms with Gasteiger partial charge in [0.1, 0.15) is 5.82 Å². The molecule has 0 spiro atoms. The van der Waals surface area contributed by atoms with Gasteiger partial charge in [0.05, 0.1) is 17.5 Å².